The van der Waals surface area contributed by atoms with Crippen LogP contribution < -0.4 is 9.80 Å². The van der Waals surface area contributed by atoms with E-state index in [4.69, 9.17) is 0 Å². The van der Waals surface area contributed by atoms with Crippen LogP contribution in [0.5, 0.6) is 0 Å². The Kier molecular flexibility index (Phi) is 4.28. The van der Waals surface area contributed by atoms with E-state index in [-0.39, 0.29) is 16.6 Å². The molecule has 31 heavy (non-hydrogen) atoms. The number of Topliss-reactive ketones (excluding diaryl/α,β-unsaturated/α-hetero) is 1. The lowest BCUT2D eigenvalue weighted by Crippen LogP contribution is -2.32. The number of anilines is 2. The zero-order valence-corrected chi connectivity index (χ0v) is 19.5. The lowest BCUT2D eigenvalue weighted by molar-refractivity contribution is -0.113. The zero-order chi connectivity index (χ0) is 22.1. The van der Waals surface area contributed by atoms with Crippen molar-refractivity contribution in [1.29, 1.82) is 0 Å². The highest BCUT2D eigenvalue weighted by Crippen LogP contribution is 2.52. The third kappa shape index (κ3) is 2.62. The van der Waals surface area contributed by atoms with E-state index < -0.39 is 0 Å². The van der Waals surface area contributed by atoms with Gasteiger partial charge >= 0.3 is 0 Å². The summed E-state index contributed by atoms with van der Waals surface area (Å²) in [5.74, 6) is 0.247. The Hall–Kier alpha value is -2.81. The minimum atomic E-state index is -0.177. The molecule has 3 heteroatoms. The third-order valence-electron chi connectivity index (χ3n) is 7.71. The minimum Gasteiger partial charge on any atom is -0.347 e. The lowest BCUT2D eigenvalue weighted by atomic mass is 9.75. The van der Waals surface area contributed by atoms with Crippen molar-refractivity contribution in [2.45, 2.75) is 57.8 Å². The molecule has 2 heterocycles. The monoisotopic (exact) mass is 412 g/mol. The normalized spacial score (nSPS) is 26.3. The van der Waals surface area contributed by atoms with Gasteiger partial charge in [0.2, 0.25) is 0 Å². The van der Waals surface area contributed by atoms with Gasteiger partial charge in [0.1, 0.15) is 0 Å². The van der Waals surface area contributed by atoms with Crippen LogP contribution in [-0.4, -0.2) is 19.9 Å². The summed E-state index contributed by atoms with van der Waals surface area (Å²) in [6, 6.07) is 17.1. The molecule has 3 nitrogen and oxygen atoms in total. The Balaban J connectivity index is 1.68. The highest BCUT2D eigenvalue weighted by molar-refractivity contribution is 6.11. The van der Waals surface area contributed by atoms with Crippen LogP contribution in [0.25, 0.3) is 0 Å². The van der Waals surface area contributed by atoms with Crippen LogP contribution in [0.2, 0.25) is 0 Å². The first kappa shape index (κ1) is 20.1. The van der Waals surface area contributed by atoms with Gasteiger partial charge in [-0.25, -0.2) is 0 Å². The molecule has 2 aromatic rings. The van der Waals surface area contributed by atoms with Gasteiger partial charge in [-0.3, -0.25) is 4.79 Å². The Morgan fingerprint density at radius 2 is 1.06 bits per heavy atom. The molecule has 2 aliphatic heterocycles. The maximum absolute atomic E-state index is 14.1. The quantitative estimate of drug-likeness (QED) is 0.488. The number of hydrogen-bond acceptors (Lipinski definition) is 3. The van der Waals surface area contributed by atoms with Gasteiger partial charge in [-0.1, -0.05) is 64.1 Å². The van der Waals surface area contributed by atoms with Crippen molar-refractivity contribution < 1.29 is 4.79 Å². The predicted molar refractivity (Wildman–Crippen MR) is 129 cm³/mol. The van der Waals surface area contributed by atoms with Gasteiger partial charge in [-0.15, -0.1) is 0 Å². The molecular formula is C28H32N2O. The summed E-state index contributed by atoms with van der Waals surface area (Å²) in [5.41, 5.74) is 9.03. The van der Waals surface area contributed by atoms with E-state index in [1.807, 2.05) is 0 Å². The van der Waals surface area contributed by atoms with E-state index in [9.17, 15) is 4.79 Å². The van der Waals surface area contributed by atoms with Crippen molar-refractivity contribution in [3.8, 4) is 0 Å². The van der Waals surface area contributed by atoms with Crippen molar-refractivity contribution in [3.63, 3.8) is 0 Å². The van der Waals surface area contributed by atoms with Crippen molar-refractivity contribution in [2.24, 2.45) is 0 Å². The molecule has 160 valence electrons. The predicted octanol–water partition coefficient (Wildman–Crippen LogP) is 6.10. The van der Waals surface area contributed by atoms with Crippen LogP contribution in [0.3, 0.4) is 0 Å². The molecule has 0 atom stereocenters. The second-order valence-electron chi connectivity index (χ2n) is 10.2. The number of benzene rings is 2. The topological polar surface area (TPSA) is 23.6 Å². The SMILES string of the molecule is CN1/C(=C2\CCC/C(=C3\N(C)c4ccccc4C3(C)C)C2=O)C(C)(C)c2ccccc21. The summed E-state index contributed by atoms with van der Waals surface area (Å²) in [6.07, 6.45) is 2.72. The van der Waals surface area contributed by atoms with Crippen LogP contribution in [0, 0.1) is 0 Å². The van der Waals surface area contributed by atoms with Gasteiger partial charge in [-0.2, -0.15) is 0 Å². The molecule has 2 aromatic carbocycles. The zero-order valence-electron chi connectivity index (χ0n) is 19.5. The molecule has 1 fully saturated rings. The summed E-state index contributed by atoms with van der Waals surface area (Å²) in [5, 5.41) is 0. The molecule has 1 aliphatic carbocycles. The van der Waals surface area contributed by atoms with E-state index in [0.29, 0.717) is 0 Å². The molecular weight excluding hydrogens is 380 g/mol. The van der Waals surface area contributed by atoms with Gasteiger partial charge in [0.15, 0.2) is 5.78 Å². The summed E-state index contributed by atoms with van der Waals surface area (Å²) in [6.45, 7) is 9.03. The maximum atomic E-state index is 14.1. The fraction of sp³-hybridized carbons (Fsp3) is 0.393. The molecule has 0 unspecified atom stereocenters. The van der Waals surface area contributed by atoms with Crippen molar-refractivity contribution >= 4 is 17.2 Å². The molecule has 5 rings (SSSR count). The standard InChI is InChI=1S/C28H32N2O/c1-27(2)20-14-7-9-16-22(20)29(5)25(27)18-12-11-13-19(24(18)31)26-28(3,4)21-15-8-10-17-23(21)30(26)6/h7-10,14-17H,11-13H2,1-6H3/b25-18+,26-19+. The number of fused-ring (bicyclic) bond motifs is 2. The first-order valence-corrected chi connectivity index (χ1v) is 11.4. The van der Waals surface area contributed by atoms with E-state index >= 15 is 0 Å². The first-order chi connectivity index (χ1) is 14.7. The van der Waals surface area contributed by atoms with Crippen LogP contribution in [0.1, 0.15) is 58.1 Å². The van der Waals surface area contributed by atoms with E-state index in [2.05, 4.69) is 100 Å². The number of allylic oxidation sites excluding steroid dienone is 4. The molecule has 0 saturated heterocycles. The summed E-state index contributed by atoms with van der Waals surface area (Å²) >= 11 is 0. The van der Waals surface area contributed by atoms with Crippen LogP contribution in [0.4, 0.5) is 11.4 Å². The Labute approximate surface area is 186 Å². The number of ketones is 1. The average Bonchev–Trinajstić information content (AvgIpc) is 3.07. The van der Waals surface area contributed by atoms with Crippen molar-refractivity contribution in [2.75, 3.05) is 23.9 Å². The lowest BCUT2D eigenvalue weighted by Gasteiger charge is -2.33. The van der Waals surface area contributed by atoms with Gasteiger partial charge in [-0.05, 0) is 42.5 Å². The molecule has 1 saturated carbocycles. The van der Waals surface area contributed by atoms with Crippen LogP contribution in [-0.2, 0) is 15.6 Å². The highest BCUT2D eigenvalue weighted by atomic mass is 16.1. The number of hydrogen-bond donors (Lipinski definition) is 0. The Morgan fingerprint density at radius 3 is 1.45 bits per heavy atom. The average molecular weight is 413 g/mol. The molecule has 0 N–H and O–H groups in total. The largest absolute Gasteiger partial charge is 0.347 e. The maximum Gasteiger partial charge on any atom is 0.188 e. The fourth-order valence-corrected chi connectivity index (χ4v) is 6.39. The second-order valence-corrected chi connectivity index (χ2v) is 10.2. The second kappa shape index (κ2) is 6.59. The molecule has 0 amide bonds. The number of likely N-dealkylation sites (N-methyl/N-ethyl adjacent to an activating group) is 2. The molecule has 0 bridgehead atoms. The third-order valence-corrected chi connectivity index (χ3v) is 7.71. The molecule has 0 spiro atoms. The summed E-state index contributed by atoms with van der Waals surface area (Å²) < 4.78 is 0. The van der Waals surface area contributed by atoms with Gasteiger partial charge in [0.25, 0.3) is 0 Å². The summed E-state index contributed by atoms with van der Waals surface area (Å²) in [4.78, 5) is 18.6. The molecule has 3 aliphatic rings. The van der Waals surface area contributed by atoms with Gasteiger partial charge < -0.3 is 9.80 Å². The Bertz CT molecular complexity index is 1080. The van der Waals surface area contributed by atoms with Gasteiger partial charge in [0.05, 0.1) is 0 Å². The summed E-state index contributed by atoms with van der Waals surface area (Å²) in [7, 11) is 4.23. The van der Waals surface area contributed by atoms with E-state index in [0.717, 1.165) is 30.4 Å². The van der Waals surface area contributed by atoms with E-state index in [1.54, 1.807) is 0 Å². The molecule has 0 radical (unpaired) electrons. The number of carbonyl (C=O) groups excluding carboxylic acids is 1. The minimum absolute atomic E-state index is 0.177. The number of nitrogens with zero attached hydrogens (tertiary/aromatic N) is 2. The van der Waals surface area contributed by atoms with Crippen LogP contribution in [0.15, 0.2) is 71.1 Å². The van der Waals surface area contributed by atoms with Crippen LogP contribution >= 0.6 is 0 Å². The fourth-order valence-electron chi connectivity index (χ4n) is 6.39. The number of carbonyl (C=O) groups is 1. The molecule has 0 aromatic heterocycles. The Morgan fingerprint density at radius 1 is 0.677 bits per heavy atom. The van der Waals surface area contributed by atoms with Crippen molar-refractivity contribution in [1.82, 2.24) is 0 Å². The van der Waals surface area contributed by atoms with E-state index in [1.165, 1.54) is 33.9 Å². The number of para-hydroxylation sites is 2. The number of rotatable bonds is 0. The smallest absolute Gasteiger partial charge is 0.188 e. The van der Waals surface area contributed by atoms with Gasteiger partial charge in [0, 0.05) is 58.8 Å². The van der Waals surface area contributed by atoms with Crippen molar-refractivity contribution in [3.05, 3.63) is 82.2 Å². The highest BCUT2D eigenvalue weighted by Gasteiger charge is 2.45. The first-order valence-electron chi connectivity index (χ1n) is 11.4.